The summed E-state index contributed by atoms with van der Waals surface area (Å²) in [5.74, 6) is -0.826. The SMILES string of the molecule is Cc1cc(F)c(CC(=O)N2CCC(c3ccc(O)cc3)C2)cc1F. The third-order valence-electron chi connectivity index (χ3n) is 4.57. The highest BCUT2D eigenvalue weighted by Gasteiger charge is 2.27. The van der Waals surface area contributed by atoms with E-state index in [2.05, 4.69) is 0 Å². The van der Waals surface area contributed by atoms with Gasteiger partial charge in [-0.2, -0.15) is 0 Å². The summed E-state index contributed by atoms with van der Waals surface area (Å²) in [6.07, 6.45) is 0.687. The minimum atomic E-state index is -0.545. The molecule has 1 saturated heterocycles. The first-order chi connectivity index (χ1) is 11.4. The number of aryl methyl sites for hydroxylation is 1. The van der Waals surface area contributed by atoms with Crippen LogP contribution in [0.2, 0.25) is 0 Å². The van der Waals surface area contributed by atoms with Gasteiger partial charge in [0, 0.05) is 24.6 Å². The Hall–Kier alpha value is -2.43. The molecule has 1 amide bonds. The summed E-state index contributed by atoms with van der Waals surface area (Å²) in [5, 5.41) is 9.34. The second-order valence-electron chi connectivity index (χ2n) is 6.29. The van der Waals surface area contributed by atoms with Gasteiger partial charge < -0.3 is 10.0 Å². The highest BCUT2D eigenvalue weighted by atomic mass is 19.1. The number of carbonyl (C=O) groups is 1. The van der Waals surface area contributed by atoms with Crippen LogP contribution >= 0.6 is 0 Å². The zero-order valence-electron chi connectivity index (χ0n) is 13.4. The standard InChI is InChI=1S/C19H19F2NO2/c1-12-8-18(21)15(9-17(12)20)10-19(24)22-7-6-14(11-22)13-2-4-16(23)5-3-13/h2-5,8-9,14,23H,6-7,10-11H2,1H3. The zero-order valence-corrected chi connectivity index (χ0v) is 13.4. The van der Waals surface area contributed by atoms with Crippen LogP contribution in [0.5, 0.6) is 5.75 Å². The number of hydrogen-bond donors (Lipinski definition) is 1. The first-order valence-electron chi connectivity index (χ1n) is 7.95. The lowest BCUT2D eigenvalue weighted by Crippen LogP contribution is -2.30. The fourth-order valence-corrected chi connectivity index (χ4v) is 3.10. The van der Waals surface area contributed by atoms with Crippen molar-refractivity contribution >= 4 is 5.91 Å². The van der Waals surface area contributed by atoms with Gasteiger partial charge >= 0.3 is 0 Å². The number of phenols is 1. The van der Waals surface area contributed by atoms with Gasteiger partial charge in [0.2, 0.25) is 5.91 Å². The second kappa shape index (κ2) is 6.59. The smallest absolute Gasteiger partial charge is 0.227 e. The van der Waals surface area contributed by atoms with E-state index in [1.807, 2.05) is 12.1 Å². The molecule has 0 spiro atoms. The minimum Gasteiger partial charge on any atom is -0.508 e. The summed E-state index contributed by atoms with van der Waals surface area (Å²) in [6, 6.07) is 9.19. The minimum absolute atomic E-state index is 0.0937. The van der Waals surface area contributed by atoms with Crippen LogP contribution in [0.15, 0.2) is 36.4 Å². The molecule has 3 nitrogen and oxygen atoms in total. The molecule has 0 saturated carbocycles. The van der Waals surface area contributed by atoms with Crippen molar-refractivity contribution in [2.24, 2.45) is 0 Å². The number of amides is 1. The second-order valence-corrected chi connectivity index (χ2v) is 6.29. The van der Waals surface area contributed by atoms with Crippen LogP contribution in [0.1, 0.15) is 29.0 Å². The first kappa shape index (κ1) is 16.4. The summed E-state index contributed by atoms with van der Waals surface area (Å²) in [7, 11) is 0. The molecule has 1 aliphatic heterocycles. The molecule has 0 bridgehead atoms. The molecule has 2 aromatic rings. The molecule has 5 heteroatoms. The molecule has 0 aromatic heterocycles. The van der Waals surface area contributed by atoms with Crippen molar-refractivity contribution in [3.8, 4) is 5.75 Å². The Kier molecular flexibility index (Phi) is 4.51. The molecule has 1 unspecified atom stereocenters. The average molecular weight is 331 g/mol. The molecule has 0 radical (unpaired) electrons. The Morgan fingerprint density at radius 2 is 1.92 bits per heavy atom. The summed E-state index contributed by atoms with van der Waals surface area (Å²) in [4.78, 5) is 14.1. The number of hydrogen-bond acceptors (Lipinski definition) is 2. The van der Waals surface area contributed by atoms with Crippen LogP contribution in [0.3, 0.4) is 0 Å². The van der Waals surface area contributed by atoms with E-state index in [4.69, 9.17) is 0 Å². The molecule has 126 valence electrons. The molecule has 1 N–H and O–H groups in total. The van der Waals surface area contributed by atoms with Gasteiger partial charge in [0.05, 0.1) is 6.42 Å². The van der Waals surface area contributed by atoms with E-state index >= 15 is 0 Å². The van der Waals surface area contributed by atoms with Gasteiger partial charge in [0.15, 0.2) is 0 Å². The number of rotatable bonds is 3. The zero-order chi connectivity index (χ0) is 17.3. The molecule has 24 heavy (non-hydrogen) atoms. The van der Waals surface area contributed by atoms with Gasteiger partial charge in [0.25, 0.3) is 0 Å². The van der Waals surface area contributed by atoms with E-state index < -0.39 is 11.6 Å². The lowest BCUT2D eigenvalue weighted by molar-refractivity contribution is -0.129. The Morgan fingerprint density at radius 1 is 1.21 bits per heavy atom. The van der Waals surface area contributed by atoms with Crippen molar-refractivity contribution in [2.45, 2.75) is 25.7 Å². The van der Waals surface area contributed by atoms with Crippen molar-refractivity contribution in [1.82, 2.24) is 4.90 Å². The number of likely N-dealkylation sites (tertiary alicyclic amines) is 1. The summed E-state index contributed by atoms with van der Waals surface area (Å²) >= 11 is 0. The van der Waals surface area contributed by atoms with E-state index in [1.54, 1.807) is 17.0 Å². The third-order valence-corrected chi connectivity index (χ3v) is 4.57. The van der Waals surface area contributed by atoms with Gasteiger partial charge in [-0.25, -0.2) is 8.78 Å². The molecule has 0 aliphatic carbocycles. The molecular weight excluding hydrogens is 312 g/mol. The first-order valence-corrected chi connectivity index (χ1v) is 7.95. The number of aromatic hydroxyl groups is 1. The molecule has 1 aliphatic rings. The van der Waals surface area contributed by atoms with Crippen LogP contribution < -0.4 is 0 Å². The topological polar surface area (TPSA) is 40.5 Å². The summed E-state index contributed by atoms with van der Waals surface area (Å²) in [5.41, 5.74) is 1.39. The Balaban J connectivity index is 1.66. The average Bonchev–Trinajstić information content (AvgIpc) is 3.03. The number of benzene rings is 2. The number of carbonyl (C=O) groups excluding carboxylic acids is 1. The fourth-order valence-electron chi connectivity index (χ4n) is 3.10. The highest BCUT2D eigenvalue weighted by molar-refractivity contribution is 5.79. The van der Waals surface area contributed by atoms with E-state index in [0.29, 0.717) is 13.1 Å². The molecule has 1 fully saturated rings. The lowest BCUT2D eigenvalue weighted by Gasteiger charge is -2.17. The van der Waals surface area contributed by atoms with Crippen LogP contribution in [-0.2, 0) is 11.2 Å². The van der Waals surface area contributed by atoms with E-state index in [0.717, 1.165) is 24.1 Å². The van der Waals surface area contributed by atoms with Crippen molar-refractivity contribution in [2.75, 3.05) is 13.1 Å². The molecule has 1 atom stereocenters. The van der Waals surface area contributed by atoms with Crippen molar-refractivity contribution in [1.29, 1.82) is 0 Å². The summed E-state index contributed by atoms with van der Waals surface area (Å²) < 4.78 is 27.5. The Labute approximate surface area is 139 Å². The van der Waals surface area contributed by atoms with Crippen LogP contribution in [-0.4, -0.2) is 29.0 Å². The van der Waals surface area contributed by atoms with Crippen molar-refractivity contribution in [3.63, 3.8) is 0 Å². The predicted octanol–water partition coefficient (Wildman–Crippen LogP) is 3.54. The quantitative estimate of drug-likeness (QED) is 0.934. The maximum Gasteiger partial charge on any atom is 0.227 e. The normalized spacial score (nSPS) is 17.3. The van der Waals surface area contributed by atoms with Gasteiger partial charge in [-0.05, 0) is 48.7 Å². The Morgan fingerprint density at radius 3 is 2.62 bits per heavy atom. The molecular formula is C19H19F2NO2. The lowest BCUT2D eigenvalue weighted by atomic mass is 9.98. The molecule has 3 rings (SSSR count). The molecule has 1 heterocycles. The maximum absolute atomic E-state index is 13.9. The van der Waals surface area contributed by atoms with Crippen LogP contribution in [0, 0.1) is 18.6 Å². The Bertz CT molecular complexity index is 759. The van der Waals surface area contributed by atoms with E-state index in [9.17, 15) is 18.7 Å². The van der Waals surface area contributed by atoms with Gasteiger partial charge in [0.1, 0.15) is 17.4 Å². The fraction of sp³-hybridized carbons (Fsp3) is 0.316. The number of halogens is 2. The maximum atomic E-state index is 13.9. The highest BCUT2D eigenvalue weighted by Crippen LogP contribution is 2.29. The predicted molar refractivity (Wildman–Crippen MR) is 86.8 cm³/mol. The number of nitrogens with zero attached hydrogens (tertiary/aromatic N) is 1. The largest absolute Gasteiger partial charge is 0.508 e. The van der Waals surface area contributed by atoms with Gasteiger partial charge in [-0.15, -0.1) is 0 Å². The summed E-state index contributed by atoms with van der Waals surface area (Å²) in [6.45, 7) is 2.65. The number of phenolic OH excluding ortho intramolecular Hbond substituents is 1. The van der Waals surface area contributed by atoms with Crippen molar-refractivity contribution in [3.05, 3.63) is 64.7 Å². The van der Waals surface area contributed by atoms with Crippen molar-refractivity contribution < 1.29 is 18.7 Å². The monoisotopic (exact) mass is 331 g/mol. The molecule has 2 aromatic carbocycles. The van der Waals surface area contributed by atoms with Gasteiger partial charge in [-0.1, -0.05) is 12.1 Å². The van der Waals surface area contributed by atoms with Crippen LogP contribution in [0.4, 0.5) is 8.78 Å². The van der Waals surface area contributed by atoms with E-state index in [1.165, 1.54) is 6.92 Å². The third kappa shape index (κ3) is 3.40. The van der Waals surface area contributed by atoms with Gasteiger partial charge in [-0.3, -0.25) is 4.79 Å². The van der Waals surface area contributed by atoms with Crippen LogP contribution in [0.25, 0.3) is 0 Å². The van der Waals surface area contributed by atoms with E-state index in [-0.39, 0.29) is 35.1 Å².